The van der Waals surface area contributed by atoms with E-state index in [2.05, 4.69) is 0 Å². The minimum Gasteiger partial charge on any atom is -0.496 e. The minimum absolute atomic E-state index is 0.127. The van der Waals surface area contributed by atoms with Crippen LogP contribution in [0.2, 0.25) is 0 Å². The van der Waals surface area contributed by atoms with Crippen molar-refractivity contribution in [3.63, 3.8) is 0 Å². The number of rotatable bonds is 9. The van der Waals surface area contributed by atoms with E-state index in [-0.39, 0.29) is 5.78 Å². The zero-order valence-corrected chi connectivity index (χ0v) is 21.3. The number of ketones is 1. The van der Waals surface area contributed by atoms with Gasteiger partial charge in [0, 0.05) is 11.3 Å². The van der Waals surface area contributed by atoms with Crippen molar-refractivity contribution < 1.29 is 19.4 Å². The number of ether oxygens (including phenoxy) is 1. The summed E-state index contributed by atoms with van der Waals surface area (Å²) in [7, 11) is 1.54. The van der Waals surface area contributed by atoms with Crippen molar-refractivity contribution in [2.75, 3.05) is 13.7 Å². The summed E-state index contributed by atoms with van der Waals surface area (Å²) < 4.78 is 5.83. The van der Waals surface area contributed by atoms with Crippen molar-refractivity contribution in [2.24, 2.45) is 0 Å². The third kappa shape index (κ3) is 6.30. The number of carboxylic acids is 1. The van der Waals surface area contributed by atoms with Crippen LogP contribution in [0.4, 0.5) is 0 Å². The highest BCUT2D eigenvalue weighted by Crippen LogP contribution is 2.33. The summed E-state index contributed by atoms with van der Waals surface area (Å²) in [5, 5.41) is 9.84. The van der Waals surface area contributed by atoms with Gasteiger partial charge in [-0.05, 0) is 41.0 Å². The Morgan fingerprint density at radius 2 is 1.69 bits per heavy atom. The molecule has 1 unspecified atom stereocenters. The molecule has 1 fully saturated rings. The van der Waals surface area contributed by atoms with E-state index < -0.39 is 12.0 Å². The van der Waals surface area contributed by atoms with Crippen LogP contribution < -0.4 is 4.74 Å². The van der Waals surface area contributed by atoms with Crippen LogP contribution in [0.3, 0.4) is 0 Å². The summed E-state index contributed by atoms with van der Waals surface area (Å²) in [4.78, 5) is 27.3. The second-order valence-electron chi connectivity index (χ2n) is 8.21. The number of methoxy groups -OCH3 is 1. The van der Waals surface area contributed by atoms with Gasteiger partial charge in [-0.3, -0.25) is 4.79 Å². The Balaban J connectivity index is 1.42. The summed E-state index contributed by atoms with van der Waals surface area (Å²) in [6.45, 7) is 0.461. The molecule has 1 atom stereocenters. The standard InChI is InChI=1S/C29H25NO4S2/c1-34-27-10-6-5-9-24(27)26(31)16-15-20-11-13-22(14-12-20)17-23-19-30(29(35)36-23)25(28(32)33)18-21-7-3-2-4-8-21/h2-17,25H,18-19H2,1H3,(H,32,33)/b16-15+,23-17?. The van der Waals surface area contributed by atoms with E-state index in [0.717, 1.165) is 21.6 Å². The number of allylic oxidation sites excluding steroid dienone is 1. The van der Waals surface area contributed by atoms with Crippen molar-refractivity contribution in [2.45, 2.75) is 12.5 Å². The number of nitrogens with zero attached hydrogens (tertiary/aromatic N) is 1. The Morgan fingerprint density at radius 1 is 1.03 bits per heavy atom. The minimum atomic E-state index is -0.887. The van der Waals surface area contributed by atoms with Crippen molar-refractivity contribution in [1.82, 2.24) is 4.90 Å². The SMILES string of the molecule is COc1ccccc1C(=O)/C=C/c1ccc(C=C2CN(C(Cc3ccccc3)C(=O)O)C(=S)S2)cc1. The van der Waals surface area contributed by atoms with E-state index in [9.17, 15) is 14.7 Å². The molecule has 1 N–H and O–H groups in total. The topological polar surface area (TPSA) is 66.8 Å². The lowest BCUT2D eigenvalue weighted by Crippen LogP contribution is -2.42. The third-order valence-electron chi connectivity index (χ3n) is 5.78. The molecule has 0 amide bonds. The van der Waals surface area contributed by atoms with Crippen molar-refractivity contribution >= 4 is 52.2 Å². The highest BCUT2D eigenvalue weighted by Gasteiger charge is 2.33. The summed E-state index contributed by atoms with van der Waals surface area (Å²) >= 11 is 6.95. The van der Waals surface area contributed by atoms with Crippen molar-refractivity contribution in [3.05, 3.63) is 112 Å². The van der Waals surface area contributed by atoms with Crippen LogP contribution >= 0.6 is 24.0 Å². The number of para-hydroxylation sites is 1. The maximum atomic E-state index is 12.5. The summed E-state index contributed by atoms with van der Waals surface area (Å²) in [5.74, 6) is -0.469. The molecule has 3 aromatic carbocycles. The third-order valence-corrected chi connectivity index (χ3v) is 7.18. The maximum Gasteiger partial charge on any atom is 0.326 e. The molecular formula is C29H25NO4S2. The highest BCUT2D eigenvalue weighted by molar-refractivity contribution is 8.25. The predicted octanol–water partition coefficient (Wildman–Crippen LogP) is 5.96. The van der Waals surface area contributed by atoms with Gasteiger partial charge in [0.25, 0.3) is 0 Å². The predicted molar refractivity (Wildman–Crippen MR) is 149 cm³/mol. The number of thiocarbonyl (C=S) groups is 1. The molecule has 1 aliphatic heterocycles. The average molecular weight is 516 g/mol. The van der Waals surface area contributed by atoms with Gasteiger partial charge >= 0.3 is 5.97 Å². The number of carbonyl (C=O) groups excluding carboxylic acids is 1. The van der Waals surface area contributed by atoms with Gasteiger partial charge in [0.2, 0.25) is 0 Å². The first kappa shape index (κ1) is 25.4. The fraction of sp³-hybridized carbons (Fsp3) is 0.138. The Hall–Kier alpha value is -3.68. The van der Waals surface area contributed by atoms with E-state index in [1.807, 2.05) is 66.7 Å². The second-order valence-corrected chi connectivity index (χ2v) is 9.98. The fourth-order valence-electron chi connectivity index (χ4n) is 3.92. The van der Waals surface area contributed by atoms with Crippen molar-refractivity contribution in [1.29, 1.82) is 0 Å². The monoisotopic (exact) mass is 515 g/mol. The zero-order chi connectivity index (χ0) is 25.5. The summed E-state index contributed by atoms with van der Waals surface area (Å²) in [6, 6.07) is 23.8. The summed E-state index contributed by atoms with van der Waals surface area (Å²) in [5.41, 5.74) is 3.35. The van der Waals surface area contributed by atoms with Gasteiger partial charge in [-0.1, -0.05) is 96.8 Å². The first-order valence-electron chi connectivity index (χ1n) is 11.4. The Morgan fingerprint density at radius 3 is 2.39 bits per heavy atom. The van der Waals surface area contributed by atoms with Crippen LogP contribution in [0.5, 0.6) is 5.75 Å². The molecule has 0 bridgehead atoms. The lowest BCUT2D eigenvalue weighted by Gasteiger charge is -2.25. The van der Waals surface area contributed by atoms with Gasteiger partial charge in [0.05, 0.1) is 19.2 Å². The van der Waals surface area contributed by atoms with Gasteiger partial charge in [-0.2, -0.15) is 0 Å². The number of benzene rings is 3. The molecule has 0 radical (unpaired) electrons. The molecule has 3 aromatic rings. The van der Waals surface area contributed by atoms with Crippen LogP contribution in [0.1, 0.15) is 27.0 Å². The molecule has 0 saturated carbocycles. The number of hydrogen-bond donors (Lipinski definition) is 1. The largest absolute Gasteiger partial charge is 0.496 e. The molecule has 1 saturated heterocycles. The second kappa shape index (κ2) is 11.8. The summed E-state index contributed by atoms with van der Waals surface area (Å²) in [6.07, 6.45) is 5.71. The van der Waals surface area contributed by atoms with Crippen molar-refractivity contribution in [3.8, 4) is 5.75 Å². The van der Waals surface area contributed by atoms with Gasteiger partial charge in [0.1, 0.15) is 16.1 Å². The molecule has 0 aromatic heterocycles. The lowest BCUT2D eigenvalue weighted by molar-refractivity contribution is -0.141. The smallest absolute Gasteiger partial charge is 0.326 e. The van der Waals surface area contributed by atoms with Crippen LogP contribution in [0.25, 0.3) is 12.2 Å². The Kier molecular flexibility index (Phi) is 8.36. The van der Waals surface area contributed by atoms with Gasteiger partial charge in [-0.15, -0.1) is 0 Å². The van der Waals surface area contributed by atoms with E-state index in [4.69, 9.17) is 17.0 Å². The Bertz CT molecular complexity index is 1320. The van der Waals surface area contributed by atoms with Gasteiger partial charge in [-0.25, -0.2) is 4.79 Å². The van der Waals surface area contributed by atoms with Gasteiger partial charge < -0.3 is 14.7 Å². The van der Waals surface area contributed by atoms with Crippen LogP contribution in [-0.4, -0.2) is 45.8 Å². The normalized spacial score (nSPS) is 15.4. The molecule has 36 heavy (non-hydrogen) atoms. The Labute approximate surface area is 220 Å². The van der Waals surface area contributed by atoms with Crippen LogP contribution in [0, 0.1) is 0 Å². The van der Waals surface area contributed by atoms with E-state index in [1.54, 1.807) is 36.3 Å². The first-order chi connectivity index (χ1) is 17.4. The number of aliphatic carboxylic acids is 1. The van der Waals surface area contributed by atoms with Gasteiger partial charge in [0.15, 0.2) is 5.78 Å². The molecule has 1 heterocycles. The molecular weight excluding hydrogens is 490 g/mol. The van der Waals surface area contributed by atoms with E-state index in [1.165, 1.54) is 17.8 Å². The van der Waals surface area contributed by atoms with Crippen LogP contribution in [0.15, 0.2) is 89.8 Å². The molecule has 0 aliphatic carbocycles. The molecule has 4 rings (SSSR count). The van der Waals surface area contributed by atoms with E-state index in [0.29, 0.717) is 28.6 Å². The average Bonchev–Trinajstić information content (AvgIpc) is 3.26. The molecule has 182 valence electrons. The first-order valence-corrected chi connectivity index (χ1v) is 12.6. The quantitative estimate of drug-likeness (QED) is 0.214. The number of hydrogen-bond acceptors (Lipinski definition) is 5. The molecule has 1 aliphatic rings. The van der Waals surface area contributed by atoms with E-state index >= 15 is 0 Å². The number of carboxylic acid groups (broad SMARTS) is 1. The molecule has 7 heteroatoms. The maximum absolute atomic E-state index is 12.5. The zero-order valence-electron chi connectivity index (χ0n) is 19.7. The highest BCUT2D eigenvalue weighted by atomic mass is 32.2. The number of thioether (sulfide) groups is 1. The molecule has 5 nitrogen and oxygen atoms in total. The lowest BCUT2D eigenvalue weighted by atomic mass is 10.0. The molecule has 0 spiro atoms. The fourth-order valence-corrected chi connectivity index (χ4v) is 5.36. The van der Waals surface area contributed by atoms with Crippen LogP contribution in [-0.2, 0) is 11.2 Å². The number of carbonyl (C=O) groups is 2.